The summed E-state index contributed by atoms with van der Waals surface area (Å²) in [6, 6.07) is 6.66. The van der Waals surface area contributed by atoms with E-state index in [9.17, 15) is 13.2 Å². The maximum absolute atomic E-state index is 12.7. The number of aromatic nitrogens is 4. The minimum Gasteiger partial charge on any atom is -0.457 e. The number of fused-ring (bicyclic) bond motifs is 1. The molecule has 0 saturated carbocycles. The summed E-state index contributed by atoms with van der Waals surface area (Å²) in [5, 5.41) is 0. The van der Waals surface area contributed by atoms with Crippen LogP contribution in [0, 0.1) is 5.92 Å². The Balaban J connectivity index is 1.43. The molecule has 0 radical (unpaired) electrons. The fraction of sp³-hybridized carbons (Fsp3) is 0.455. The zero-order chi connectivity index (χ0) is 23.6. The summed E-state index contributed by atoms with van der Waals surface area (Å²) in [5.74, 6) is 0.850. The smallest absolute Gasteiger partial charge is 0.309 e. The van der Waals surface area contributed by atoms with Crippen molar-refractivity contribution in [1.29, 1.82) is 0 Å². The Morgan fingerprint density at radius 3 is 2.52 bits per heavy atom. The van der Waals surface area contributed by atoms with Crippen LogP contribution < -0.4 is 4.90 Å². The van der Waals surface area contributed by atoms with E-state index in [0.29, 0.717) is 49.8 Å². The molecule has 0 amide bonds. The Labute approximate surface area is 193 Å². The molecular formula is C22H28N6O4S. The molecule has 1 aliphatic heterocycles. The third-order valence-corrected chi connectivity index (χ3v) is 7.71. The van der Waals surface area contributed by atoms with Crippen LogP contribution in [0.2, 0.25) is 0 Å². The molecule has 4 rings (SSSR count). The number of nitrogens with zero attached hydrogens (tertiary/aromatic N) is 6. The second kappa shape index (κ2) is 9.44. The van der Waals surface area contributed by atoms with E-state index < -0.39 is 10.0 Å². The highest BCUT2D eigenvalue weighted by molar-refractivity contribution is 7.89. The fourth-order valence-electron chi connectivity index (χ4n) is 4.02. The predicted molar refractivity (Wildman–Crippen MR) is 123 cm³/mol. The van der Waals surface area contributed by atoms with Gasteiger partial charge < -0.3 is 14.2 Å². The average Bonchev–Trinajstić information content (AvgIpc) is 3.19. The molecule has 1 saturated heterocycles. The quantitative estimate of drug-likeness (QED) is 0.481. The number of carbonyl (C=O) groups excluding carboxylic acids is 1. The lowest BCUT2D eigenvalue weighted by molar-refractivity contribution is -0.150. The van der Waals surface area contributed by atoms with Gasteiger partial charge in [-0.1, -0.05) is 0 Å². The monoisotopic (exact) mass is 472 g/mol. The van der Waals surface area contributed by atoms with E-state index >= 15 is 0 Å². The Kier molecular flexibility index (Phi) is 6.61. The van der Waals surface area contributed by atoms with Crippen molar-refractivity contribution >= 4 is 33.0 Å². The van der Waals surface area contributed by atoms with Gasteiger partial charge in [-0.3, -0.25) is 4.79 Å². The summed E-state index contributed by atoms with van der Waals surface area (Å²) < 4.78 is 33.6. The highest BCUT2D eigenvalue weighted by Crippen LogP contribution is 2.24. The van der Waals surface area contributed by atoms with Crippen LogP contribution in [-0.2, 0) is 32.7 Å². The van der Waals surface area contributed by atoms with Gasteiger partial charge in [-0.2, -0.15) is 0 Å². The van der Waals surface area contributed by atoms with E-state index in [-0.39, 0.29) is 23.4 Å². The molecule has 0 unspecified atom stereocenters. The van der Waals surface area contributed by atoms with Crippen LogP contribution >= 0.6 is 0 Å². The minimum atomic E-state index is -3.56. The summed E-state index contributed by atoms with van der Waals surface area (Å²) in [4.78, 5) is 28.0. The second-order valence-electron chi connectivity index (χ2n) is 8.13. The first-order valence-corrected chi connectivity index (χ1v) is 12.4. The first kappa shape index (κ1) is 23.1. The SMILES string of the molecule is CCn1c(COC(=O)C2CCN(c3ncccn3)CC2)nc2cc(S(=O)(=O)N(C)C)ccc21. The third kappa shape index (κ3) is 4.69. The van der Waals surface area contributed by atoms with Gasteiger partial charge >= 0.3 is 5.97 Å². The zero-order valence-electron chi connectivity index (χ0n) is 19.0. The Morgan fingerprint density at radius 2 is 1.88 bits per heavy atom. The maximum Gasteiger partial charge on any atom is 0.309 e. The minimum absolute atomic E-state index is 0.0408. The van der Waals surface area contributed by atoms with Gasteiger partial charge in [0.2, 0.25) is 16.0 Å². The second-order valence-corrected chi connectivity index (χ2v) is 10.3. The summed E-state index contributed by atoms with van der Waals surface area (Å²) in [5.41, 5.74) is 1.36. The van der Waals surface area contributed by atoms with E-state index in [0.717, 1.165) is 5.52 Å². The molecule has 0 spiro atoms. The number of rotatable bonds is 7. The average molecular weight is 473 g/mol. The van der Waals surface area contributed by atoms with Crippen LogP contribution in [0.3, 0.4) is 0 Å². The van der Waals surface area contributed by atoms with Crippen LogP contribution in [0.4, 0.5) is 5.95 Å². The number of piperidine rings is 1. The van der Waals surface area contributed by atoms with Crippen LogP contribution in [-0.4, -0.2) is 65.4 Å². The summed E-state index contributed by atoms with van der Waals surface area (Å²) in [6.07, 6.45) is 4.77. The number of imidazole rings is 1. The molecule has 1 aromatic carbocycles. The number of carbonyl (C=O) groups is 1. The van der Waals surface area contributed by atoms with Gasteiger partial charge in [0.1, 0.15) is 12.4 Å². The van der Waals surface area contributed by atoms with E-state index in [1.54, 1.807) is 36.7 Å². The summed E-state index contributed by atoms with van der Waals surface area (Å²) >= 11 is 0. The highest BCUT2D eigenvalue weighted by Gasteiger charge is 2.28. The van der Waals surface area contributed by atoms with Crippen molar-refractivity contribution in [2.24, 2.45) is 5.92 Å². The van der Waals surface area contributed by atoms with Crippen LogP contribution in [0.5, 0.6) is 0 Å². The van der Waals surface area contributed by atoms with E-state index in [4.69, 9.17) is 4.74 Å². The molecule has 0 N–H and O–H groups in total. The zero-order valence-corrected chi connectivity index (χ0v) is 19.8. The van der Waals surface area contributed by atoms with Gasteiger partial charge in [-0.15, -0.1) is 0 Å². The Hall–Kier alpha value is -3.05. The van der Waals surface area contributed by atoms with Gasteiger partial charge in [-0.25, -0.2) is 27.7 Å². The van der Waals surface area contributed by atoms with Crippen molar-refractivity contribution in [2.45, 2.75) is 37.8 Å². The van der Waals surface area contributed by atoms with Gasteiger partial charge in [0.15, 0.2) is 0 Å². The van der Waals surface area contributed by atoms with Crippen molar-refractivity contribution in [3.63, 3.8) is 0 Å². The number of hydrogen-bond acceptors (Lipinski definition) is 8. The molecule has 1 aliphatic rings. The summed E-state index contributed by atoms with van der Waals surface area (Å²) in [6.45, 7) is 4.02. The molecule has 3 aromatic rings. The van der Waals surface area contributed by atoms with Crippen molar-refractivity contribution < 1.29 is 17.9 Å². The first-order valence-electron chi connectivity index (χ1n) is 10.9. The van der Waals surface area contributed by atoms with Gasteiger partial charge in [0.05, 0.1) is 21.8 Å². The number of esters is 1. The number of sulfonamides is 1. The normalized spacial score (nSPS) is 15.3. The van der Waals surface area contributed by atoms with Crippen molar-refractivity contribution in [3.8, 4) is 0 Å². The lowest BCUT2D eigenvalue weighted by atomic mass is 9.97. The number of benzene rings is 1. The Bertz CT molecular complexity index is 1230. The number of aryl methyl sites for hydroxylation is 1. The summed E-state index contributed by atoms with van der Waals surface area (Å²) in [7, 11) is -0.573. The molecule has 0 atom stereocenters. The molecule has 11 heteroatoms. The fourth-order valence-corrected chi connectivity index (χ4v) is 4.94. The topological polar surface area (TPSA) is 111 Å². The third-order valence-electron chi connectivity index (χ3n) is 5.90. The van der Waals surface area contributed by atoms with Gasteiger partial charge in [0, 0.05) is 46.1 Å². The molecule has 33 heavy (non-hydrogen) atoms. The van der Waals surface area contributed by atoms with Crippen LogP contribution in [0.15, 0.2) is 41.6 Å². The number of hydrogen-bond donors (Lipinski definition) is 0. The van der Waals surface area contributed by atoms with E-state index in [1.807, 2.05) is 11.5 Å². The van der Waals surface area contributed by atoms with Crippen molar-refractivity contribution in [2.75, 3.05) is 32.1 Å². The molecule has 3 heterocycles. The first-order chi connectivity index (χ1) is 15.8. The molecule has 0 aliphatic carbocycles. The lowest BCUT2D eigenvalue weighted by Gasteiger charge is -2.30. The number of ether oxygens (including phenoxy) is 1. The van der Waals surface area contributed by atoms with E-state index in [2.05, 4.69) is 19.9 Å². The molecule has 2 aromatic heterocycles. The van der Waals surface area contributed by atoms with Crippen LogP contribution in [0.25, 0.3) is 11.0 Å². The molecule has 176 valence electrons. The van der Waals surface area contributed by atoms with Gasteiger partial charge in [-0.05, 0) is 44.0 Å². The maximum atomic E-state index is 12.7. The molecule has 10 nitrogen and oxygen atoms in total. The van der Waals surface area contributed by atoms with Crippen LogP contribution in [0.1, 0.15) is 25.6 Å². The predicted octanol–water partition coefficient (Wildman–Crippen LogP) is 2.06. The van der Waals surface area contributed by atoms with Gasteiger partial charge in [0.25, 0.3) is 0 Å². The lowest BCUT2D eigenvalue weighted by Crippen LogP contribution is -2.37. The van der Waals surface area contributed by atoms with Crippen molar-refractivity contribution in [1.82, 2.24) is 23.8 Å². The highest BCUT2D eigenvalue weighted by atomic mass is 32.2. The Morgan fingerprint density at radius 1 is 1.18 bits per heavy atom. The molecule has 0 bridgehead atoms. The standard InChI is InChI=1S/C22H28N6O4S/c1-4-28-19-7-6-17(33(30,31)26(2)3)14-18(19)25-20(28)15-32-21(29)16-8-12-27(13-9-16)22-23-10-5-11-24-22/h5-7,10-11,14,16H,4,8-9,12-13,15H2,1-3H3. The molecule has 1 fully saturated rings. The molecular weight excluding hydrogens is 444 g/mol. The van der Waals surface area contributed by atoms with E-state index in [1.165, 1.54) is 18.4 Å². The largest absolute Gasteiger partial charge is 0.457 e. The number of anilines is 1. The van der Waals surface area contributed by atoms with Crippen molar-refractivity contribution in [3.05, 3.63) is 42.5 Å².